The van der Waals surface area contributed by atoms with Gasteiger partial charge < -0.3 is 10.6 Å². The van der Waals surface area contributed by atoms with Crippen molar-refractivity contribution in [1.82, 2.24) is 10.6 Å². The standard InChI is InChI=1S/C15H22N2O2/c1-3-16-15(19)11-17-14(18)6-4-5-13-9-7-12(2)8-10-13/h7-10H,3-6,11H2,1-2H3,(H,16,19)(H,17,18). The lowest BCUT2D eigenvalue weighted by molar-refractivity contribution is -0.126. The molecular weight excluding hydrogens is 240 g/mol. The third kappa shape index (κ3) is 6.60. The van der Waals surface area contributed by atoms with Crippen LogP contribution in [0.2, 0.25) is 0 Å². The van der Waals surface area contributed by atoms with Crippen LogP contribution in [0.15, 0.2) is 24.3 Å². The van der Waals surface area contributed by atoms with Crippen molar-refractivity contribution in [3.8, 4) is 0 Å². The quantitative estimate of drug-likeness (QED) is 0.783. The smallest absolute Gasteiger partial charge is 0.239 e. The summed E-state index contributed by atoms with van der Waals surface area (Å²) in [4.78, 5) is 22.7. The van der Waals surface area contributed by atoms with Gasteiger partial charge in [0.05, 0.1) is 6.54 Å². The van der Waals surface area contributed by atoms with Crippen LogP contribution in [0.3, 0.4) is 0 Å². The first kappa shape index (κ1) is 15.2. The van der Waals surface area contributed by atoms with E-state index in [1.807, 2.05) is 6.92 Å². The molecule has 1 aromatic carbocycles. The zero-order valence-electron chi connectivity index (χ0n) is 11.7. The van der Waals surface area contributed by atoms with Gasteiger partial charge in [0.2, 0.25) is 11.8 Å². The minimum absolute atomic E-state index is 0.0667. The Morgan fingerprint density at radius 2 is 1.74 bits per heavy atom. The highest BCUT2D eigenvalue weighted by Crippen LogP contribution is 2.06. The lowest BCUT2D eigenvalue weighted by Crippen LogP contribution is -2.36. The largest absolute Gasteiger partial charge is 0.355 e. The predicted octanol–water partition coefficient (Wildman–Crippen LogP) is 1.57. The first-order valence-electron chi connectivity index (χ1n) is 6.70. The van der Waals surface area contributed by atoms with Gasteiger partial charge in [0.25, 0.3) is 0 Å². The van der Waals surface area contributed by atoms with E-state index in [9.17, 15) is 9.59 Å². The van der Waals surface area contributed by atoms with E-state index in [4.69, 9.17) is 0 Å². The molecule has 4 heteroatoms. The zero-order chi connectivity index (χ0) is 14.1. The average molecular weight is 262 g/mol. The summed E-state index contributed by atoms with van der Waals surface area (Å²) in [6.45, 7) is 4.55. The molecule has 4 nitrogen and oxygen atoms in total. The van der Waals surface area contributed by atoms with Gasteiger partial charge in [-0.05, 0) is 32.3 Å². The van der Waals surface area contributed by atoms with E-state index in [2.05, 4.69) is 41.8 Å². The van der Waals surface area contributed by atoms with Crippen LogP contribution >= 0.6 is 0 Å². The van der Waals surface area contributed by atoms with Gasteiger partial charge in [-0.3, -0.25) is 9.59 Å². The van der Waals surface area contributed by atoms with Gasteiger partial charge in [-0.15, -0.1) is 0 Å². The highest BCUT2D eigenvalue weighted by molar-refractivity contribution is 5.84. The van der Waals surface area contributed by atoms with Crippen molar-refractivity contribution in [3.63, 3.8) is 0 Å². The molecule has 2 N–H and O–H groups in total. The first-order chi connectivity index (χ1) is 9.11. The normalized spacial score (nSPS) is 10.0. The van der Waals surface area contributed by atoms with E-state index in [-0.39, 0.29) is 18.4 Å². The molecular formula is C15H22N2O2. The Labute approximate surface area is 114 Å². The van der Waals surface area contributed by atoms with Gasteiger partial charge in [0.15, 0.2) is 0 Å². The Bertz CT molecular complexity index is 413. The summed E-state index contributed by atoms with van der Waals surface area (Å²) in [7, 11) is 0. The van der Waals surface area contributed by atoms with E-state index in [1.54, 1.807) is 0 Å². The molecule has 0 bridgehead atoms. The molecule has 0 heterocycles. The molecule has 0 saturated carbocycles. The summed E-state index contributed by atoms with van der Waals surface area (Å²) in [5.41, 5.74) is 2.48. The van der Waals surface area contributed by atoms with Gasteiger partial charge in [0, 0.05) is 13.0 Å². The van der Waals surface area contributed by atoms with Crippen LogP contribution in [-0.4, -0.2) is 24.9 Å². The molecule has 0 aliphatic heterocycles. The maximum Gasteiger partial charge on any atom is 0.239 e. The van der Waals surface area contributed by atoms with Crippen molar-refractivity contribution in [2.75, 3.05) is 13.1 Å². The van der Waals surface area contributed by atoms with Gasteiger partial charge in [-0.2, -0.15) is 0 Å². The summed E-state index contributed by atoms with van der Waals surface area (Å²) in [6.07, 6.45) is 2.13. The molecule has 0 fully saturated rings. The minimum atomic E-state index is -0.144. The lowest BCUT2D eigenvalue weighted by atomic mass is 10.1. The number of benzene rings is 1. The van der Waals surface area contributed by atoms with Gasteiger partial charge in [-0.1, -0.05) is 29.8 Å². The second-order valence-corrected chi connectivity index (χ2v) is 4.57. The van der Waals surface area contributed by atoms with Crippen LogP contribution in [0.1, 0.15) is 30.9 Å². The molecule has 104 valence electrons. The molecule has 19 heavy (non-hydrogen) atoms. The SMILES string of the molecule is CCNC(=O)CNC(=O)CCCc1ccc(C)cc1. The molecule has 0 saturated heterocycles. The number of hydrogen-bond donors (Lipinski definition) is 2. The second-order valence-electron chi connectivity index (χ2n) is 4.57. The van der Waals surface area contributed by atoms with Gasteiger partial charge in [0.1, 0.15) is 0 Å². The number of likely N-dealkylation sites (N-methyl/N-ethyl adjacent to an activating group) is 1. The van der Waals surface area contributed by atoms with Crippen molar-refractivity contribution in [1.29, 1.82) is 0 Å². The summed E-state index contributed by atoms with van der Waals surface area (Å²) < 4.78 is 0. The van der Waals surface area contributed by atoms with Crippen LogP contribution in [0.25, 0.3) is 0 Å². The number of carbonyl (C=O) groups excluding carboxylic acids is 2. The van der Waals surface area contributed by atoms with E-state index >= 15 is 0 Å². The fourth-order valence-electron chi connectivity index (χ4n) is 1.73. The maximum atomic E-state index is 11.5. The highest BCUT2D eigenvalue weighted by Gasteiger charge is 2.04. The minimum Gasteiger partial charge on any atom is -0.355 e. The Balaban J connectivity index is 2.16. The third-order valence-electron chi connectivity index (χ3n) is 2.81. The van der Waals surface area contributed by atoms with E-state index in [0.29, 0.717) is 13.0 Å². The molecule has 2 amide bonds. The van der Waals surface area contributed by atoms with Gasteiger partial charge in [-0.25, -0.2) is 0 Å². The lowest BCUT2D eigenvalue weighted by Gasteiger charge is -2.05. The second kappa shape index (κ2) is 8.29. The number of hydrogen-bond acceptors (Lipinski definition) is 2. The molecule has 0 spiro atoms. The molecule has 0 aliphatic rings. The topological polar surface area (TPSA) is 58.2 Å². The van der Waals surface area contributed by atoms with Gasteiger partial charge >= 0.3 is 0 Å². The fourth-order valence-corrected chi connectivity index (χ4v) is 1.73. The Hall–Kier alpha value is -1.84. The summed E-state index contributed by atoms with van der Waals surface area (Å²) in [6, 6.07) is 8.32. The number of amides is 2. The molecule has 0 unspecified atom stereocenters. The van der Waals surface area contributed by atoms with Crippen molar-refractivity contribution >= 4 is 11.8 Å². The highest BCUT2D eigenvalue weighted by atomic mass is 16.2. The van der Waals surface area contributed by atoms with Crippen LogP contribution in [0, 0.1) is 6.92 Å². The van der Waals surface area contributed by atoms with Crippen molar-refractivity contribution in [2.24, 2.45) is 0 Å². The fraction of sp³-hybridized carbons (Fsp3) is 0.467. The van der Waals surface area contributed by atoms with E-state index in [1.165, 1.54) is 11.1 Å². The van der Waals surface area contributed by atoms with Crippen LogP contribution < -0.4 is 10.6 Å². The molecule has 0 radical (unpaired) electrons. The third-order valence-corrected chi connectivity index (χ3v) is 2.81. The van der Waals surface area contributed by atoms with Crippen molar-refractivity contribution in [2.45, 2.75) is 33.1 Å². The Kier molecular flexibility index (Phi) is 6.64. The summed E-state index contributed by atoms with van der Waals surface area (Å²) >= 11 is 0. The van der Waals surface area contributed by atoms with Crippen molar-refractivity contribution in [3.05, 3.63) is 35.4 Å². The number of carbonyl (C=O) groups is 2. The molecule has 1 aromatic rings. The molecule has 0 atom stereocenters. The van der Waals surface area contributed by atoms with Crippen LogP contribution in [0.4, 0.5) is 0 Å². The van der Waals surface area contributed by atoms with Crippen LogP contribution in [0.5, 0.6) is 0 Å². The molecule has 0 aromatic heterocycles. The number of rotatable bonds is 7. The number of aryl methyl sites for hydroxylation is 2. The average Bonchev–Trinajstić information content (AvgIpc) is 2.39. The Morgan fingerprint density at radius 1 is 1.05 bits per heavy atom. The van der Waals surface area contributed by atoms with E-state index in [0.717, 1.165) is 12.8 Å². The maximum absolute atomic E-state index is 11.5. The van der Waals surface area contributed by atoms with Crippen molar-refractivity contribution < 1.29 is 9.59 Å². The first-order valence-corrected chi connectivity index (χ1v) is 6.70. The van der Waals surface area contributed by atoms with Crippen LogP contribution in [-0.2, 0) is 16.0 Å². The summed E-state index contributed by atoms with van der Waals surface area (Å²) in [5, 5.41) is 5.25. The number of nitrogens with one attached hydrogen (secondary N) is 2. The molecule has 0 aliphatic carbocycles. The van der Waals surface area contributed by atoms with E-state index < -0.39 is 0 Å². The predicted molar refractivity (Wildman–Crippen MR) is 75.8 cm³/mol. The zero-order valence-corrected chi connectivity index (χ0v) is 11.7. The molecule has 1 rings (SSSR count). The monoisotopic (exact) mass is 262 g/mol. The Morgan fingerprint density at radius 3 is 2.37 bits per heavy atom. The summed E-state index contributed by atoms with van der Waals surface area (Å²) in [5.74, 6) is -0.215.